The third kappa shape index (κ3) is 5.22. The van der Waals surface area contributed by atoms with Crippen molar-refractivity contribution in [1.29, 1.82) is 0 Å². The Labute approximate surface area is 180 Å². The number of amides is 1. The van der Waals surface area contributed by atoms with Crippen molar-refractivity contribution >= 4 is 39.1 Å². The maximum absolute atomic E-state index is 13.2. The SMILES string of the molecule is NC(=O)C[C@]1(COc2ccccc2)CCCN(S(=O)(=O)c2cc(Cl)ccc2Cl)C1. The molecular weight excluding hydrogens is 435 g/mol. The van der Waals surface area contributed by atoms with Gasteiger partial charge in [-0.25, -0.2) is 8.42 Å². The molecule has 9 heteroatoms. The summed E-state index contributed by atoms with van der Waals surface area (Å²) in [7, 11) is -3.90. The first-order chi connectivity index (χ1) is 13.7. The van der Waals surface area contributed by atoms with Crippen molar-refractivity contribution in [3.05, 3.63) is 58.6 Å². The van der Waals surface area contributed by atoms with Crippen LogP contribution in [0, 0.1) is 5.41 Å². The van der Waals surface area contributed by atoms with E-state index < -0.39 is 21.3 Å². The summed E-state index contributed by atoms with van der Waals surface area (Å²) in [6.45, 7) is 0.597. The predicted octanol–water partition coefficient (Wildman–Crippen LogP) is 3.72. The minimum absolute atomic E-state index is 0.0229. The molecule has 156 valence electrons. The molecule has 0 aromatic heterocycles. The number of halogens is 2. The number of primary amides is 1. The normalized spacial score (nSPS) is 20.3. The van der Waals surface area contributed by atoms with Gasteiger partial charge in [-0.15, -0.1) is 0 Å². The van der Waals surface area contributed by atoms with E-state index in [9.17, 15) is 13.2 Å². The average Bonchev–Trinajstić information content (AvgIpc) is 2.69. The van der Waals surface area contributed by atoms with E-state index in [2.05, 4.69) is 0 Å². The fraction of sp³-hybridized carbons (Fsp3) is 0.350. The van der Waals surface area contributed by atoms with Crippen LogP contribution in [0.1, 0.15) is 19.3 Å². The maximum atomic E-state index is 13.2. The molecule has 1 atom stereocenters. The number of piperidine rings is 1. The molecule has 2 aromatic rings. The lowest BCUT2D eigenvalue weighted by atomic mass is 9.78. The molecule has 0 aliphatic carbocycles. The van der Waals surface area contributed by atoms with Gasteiger partial charge in [0.25, 0.3) is 0 Å². The van der Waals surface area contributed by atoms with Gasteiger partial charge in [-0.2, -0.15) is 4.31 Å². The Morgan fingerprint density at radius 3 is 2.59 bits per heavy atom. The standard InChI is InChI=1S/C20H22Cl2N2O4S/c21-15-7-8-17(22)18(11-15)29(26,27)24-10-4-9-20(13-24,12-19(23)25)14-28-16-5-2-1-3-6-16/h1-3,5-8,11H,4,9-10,12-14H2,(H2,23,25)/t20-/m1/s1. The zero-order chi connectivity index (χ0) is 21.1. The van der Waals surface area contributed by atoms with Gasteiger partial charge in [-0.05, 0) is 43.2 Å². The number of hydrogen-bond acceptors (Lipinski definition) is 4. The molecular formula is C20H22Cl2N2O4S. The van der Waals surface area contributed by atoms with Gasteiger partial charge in [0.05, 0.1) is 11.6 Å². The number of sulfonamides is 1. The average molecular weight is 457 g/mol. The van der Waals surface area contributed by atoms with Crippen LogP contribution < -0.4 is 10.5 Å². The highest BCUT2D eigenvalue weighted by atomic mass is 35.5. The summed E-state index contributed by atoms with van der Waals surface area (Å²) in [5.41, 5.74) is 4.76. The minimum Gasteiger partial charge on any atom is -0.493 e. The van der Waals surface area contributed by atoms with Crippen LogP contribution in [0.15, 0.2) is 53.4 Å². The van der Waals surface area contributed by atoms with Crippen molar-refractivity contribution < 1.29 is 17.9 Å². The molecule has 1 amide bonds. The topological polar surface area (TPSA) is 89.7 Å². The zero-order valence-electron chi connectivity index (χ0n) is 15.7. The first kappa shape index (κ1) is 21.9. The molecule has 0 unspecified atom stereocenters. The molecule has 1 heterocycles. The van der Waals surface area contributed by atoms with Gasteiger partial charge >= 0.3 is 0 Å². The van der Waals surface area contributed by atoms with Gasteiger partial charge in [0.15, 0.2) is 0 Å². The molecule has 0 saturated carbocycles. The summed E-state index contributed by atoms with van der Waals surface area (Å²) in [6.07, 6.45) is 1.22. The third-order valence-corrected chi connectivity index (χ3v) is 7.54. The minimum atomic E-state index is -3.90. The van der Waals surface area contributed by atoms with Crippen molar-refractivity contribution in [2.24, 2.45) is 11.1 Å². The molecule has 1 saturated heterocycles. The molecule has 1 aliphatic heterocycles. The van der Waals surface area contributed by atoms with Gasteiger partial charge < -0.3 is 10.5 Å². The van der Waals surface area contributed by atoms with Gasteiger partial charge in [0, 0.05) is 29.9 Å². The molecule has 0 spiro atoms. The molecule has 2 aromatic carbocycles. The van der Waals surface area contributed by atoms with Crippen LogP contribution in [0.5, 0.6) is 5.75 Å². The van der Waals surface area contributed by atoms with E-state index in [-0.39, 0.29) is 34.5 Å². The van der Waals surface area contributed by atoms with Gasteiger partial charge in [0.2, 0.25) is 15.9 Å². The number of carbonyl (C=O) groups is 1. The molecule has 1 aliphatic rings. The number of hydrogen-bond donors (Lipinski definition) is 1. The summed E-state index contributed by atoms with van der Waals surface area (Å²) in [5, 5.41) is 0.377. The molecule has 29 heavy (non-hydrogen) atoms. The number of nitrogens with zero attached hydrogens (tertiary/aromatic N) is 1. The van der Waals surface area contributed by atoms with Crippen molar-refractivity contribution in [3.63, 3.8) is 0 Å². The summed E-state index contributed by atoms with van der Waals surface area (Å²) < 4.78 is 33.7. The highest BCUT2D eigenvalue weighted by molar-refractivity contribution is 7.89. The Balaban J connectivity index is 1.87. The lowest BCUT2D eigenvalue weighted by Crippen LogP contribution is -2.50. The first-order valence-electron chi connectivity index (χ1n) is 9.13. The number of ether oxygens (including phenoxy) is 1. The van der Waals surface area contributed by atoms with Crippen LogP contribution in [0.2, 0.25) is 10.0 Å². The Bertz CT molecular complexity index is 985. The molecule has 6 nitrogen and oxygen atoms in total. The van der Waals surface area contributed by atoms with Crippen molar-refractivity contribution in [3.8, 4) is 5.75 Å². The van der Waals surface area contributed by atoms with Crippen LogP contribution in [0.4, 0.5) is 0 Å². The van der Waals surface area contributed by atoms with E-state index in [0.717, 1.165) is 0 Å². The van der Waals surface area contributed by atoms with Crippen LogP contribution >= 0.6 is 23.2 Å². The Kier molecular flexibility index (Phi) is 6.73. The Morgan fingerprint density at radius 1 is 1.17 bits per heavy atom. The van der Waals surface area contributed by atoms with Crippen molar-refractivity contribution in [2.45, 2.75) is 24.2 Å². The van der Waals surface area contributed by atoms with E-state index in [0.29, 0.717) is 25.1 Å². The van der Waals surface area contributed by atoms with E-state index in [1.807, 2.05) is 18.2 Å². The summed E-state index contributed by atoms with van der Waals surface area (Å²) in [6, 6.07) is 13.5. The lowest BCUT2D eigenvalue weighted by Gasteiger charge is -2.41. The lowest BCUT2D eigenvalue weighted by molar-refractivity contribution is -0.121. The second-order valence-electron chi connectivity index (χ2n) is 7.26. The number of rotatable bonds is 7. The zero-order valence-corrected chi connectivity index (χ0v) is 18.0. The Morgan fingerprint density at radius 2 is 1.90 bits per heavy atom. The highest BCUT2D eigenvalue weighted by Gasteiger charge is 2.42. The van der Waals surface area contributed by atoms with Gasteiger partial charge in [0.1, 0.15) is 10.6 Å². The Hall–Kier alpha value is -1.80. The third-order valence-electron chi connectivity index (χ3n) is 4.97. The van der Waals surface area contributed by atoms with Gasteiger partial charge in [-0.3, -0.25) is 4.79 Å². The fourth-order valence-electron chi connectivity index (χ4n) is 3.62. The van der Waals surface area contributed by atoms with Crippen LogP contribution in [0.25, 0.3) is 0 Å². The predicted molar refractivity (Wildman–Crippen MR) is 113 cm³/mol. The molecule has 1 fully saturated rings. The monoisotopic (exact) mass is 456 g/mol. The largest absolute Gasteiger partial charge is 0.493 e. The van der Waals surface area contributed by atoms with Crippen molar-refractivity contribution in [2.75, 3.05) is 19.7 Å². The molecule has 3 rings (SSSR count). The number of benzene rings is 2. The van der Waals surface area contributed by atoms with E-state index in [1.54, 1.807) is 12.1 Å². The maximum Gasteiger partial charge on any atom is 0.244 e. The fourth-order valence-corrected chi connectivity index (χ4v) is 5.95. The van der Waals surface area contributed by atoms with Gasteiger partial charge in [-0.1, -0.05) is 41.4 Å². The first-order valence-corrected chi connectivity index (χ1v) is 11.3. The van der Waals surface area contributed by atoms with E-state index in [1.165, 1.54) is 22.5 Å². The highest BCUT2D eigenvalue weighted by Crippen LogP contribution is 2.38. The number of para-hydroxylation sites is 1. The van der Waals surface area contributed by atoms with Crippen LogP contribution in [-0.4, -0.2) is 38.3 Å². The quantitative estimate of drug-likeness (QED) is 0.687. The van der Waals surface area contributed by atoms with Crippen molar-refractivity contribution in [1.82, 2.24) is 4.31 Å². The second kappa shape index (κ2) is 8.92. The summed E-state index contributed by atoms with van der Waals surface area (Å²) in [5.74, 6) is 0.149. The smallest absolute Gasteiger partial charge is 0.244 e. The van der Waals surface area contributed by atoms with E-state index >= 15 is 0 Å². The number of carbonyl (C=O) groups excluding carboxylic acids is 1. The second-order valence-corrected chi connectivity index (χ2v) is 10.0. The molecule has 0 radical (unpaired) electrons. The van der Waals surface area contributed by atoms with E-state index in [4.69, 9.17) is 33.7 Å². The number of nitrogens with two attached hydrogens (primary N) is 1. The van der Waals surface area contributed by atoms with Crippen LogP contribution in [-0.2, 0) is 14.8 Å². The summed E-state index contributed by atoms with van der Waals surface area (Å²) >= 11 is 12.1. The van der Waals surface area contributed by atoms with Crippen LogP contribution in [0.3, 0.4) is 0 Å². The molecule has 2 N–H and O–H groups in total. The molecule has 0 bridgehead atoms. The summed E-state index contributed by atoms with van der Waals surface area (Å²) in [4.78, 5) is 11.7.